The molecule has 0 radical (unpaired) electrons. The molecule has 2 aromatic heterocycles. The third-order valence-electron chi connectivity index (χ3n) is 5.93. The lowest BCUT2D eigenvalue weighted by Gasteiger charge is -2.10. The predicted octanol–water partition coefficient (Wildman–Crippen LogP) is 5.58. The van der Waals surface area contributed by atoms with E-state index in [1.807, 2.05) is 42.5 Å². The molecule has 0 atom stereocenters. The summed E-state index contributed by atoms with van der Waals surface area (Å²) >= 11 is 0. The Morgan fingerprint density at radius 3 is 2.32 bits per heavy atom. The van der Waals surface area contributed by atoms with Crippen molar-refractivity contribution in [1.29, 1.82) is 0 Å². The molecule has 5 aromatic rings. The molecular weight excluding hydrogens is 473 g/mol. The molecule has 0 saturated heterocycles. The number of ketones is 1. The van der Waals surface area contributed by atoms with Crippen LogP contribution in [-0.2, 0) is 4.74 Å². The zero-order valence-corrected chi connectivity index (χ0v) is 20.1. The van der Waals surface area contributed by atoms with E-state index in [9.17, 15) is 14.0 Å². The van der Waals surface area contributed by atoms with Gasteiger partial charge in [0.2, 0.25) is 5.78 Å². The van der Waals surface area contributed by atoms with Crippen LogP contribution in [0, 0.1) is 12.7 Å². The Hall–Kier alpha value is -4.85. The van der Waals surface area contributed by atoms with Crippen molar-refractivity contribution in [2.24, 2.45) is 0 Å². The molecule has 0 bridgehead atoms. The third-order valence-corrected chi connectivity index (χ3v) is 5.93. The Labute approximate surface area is 212 Å². The number of hydrogen-bond acceptors (Lipinski definition) is 6. The van der Waals surface area contributed by atoms with Crippen molar-refractivity contribution in [3.63, 3.8) is 0 Å². The van der Waals surface area contributed by atoms with Crippen LogP contribution >= 0.6 is 0 Å². The highest BCUT2D eigenvalue weighted by atomic mass is 19.1. The Morgan fingerprint density at radius 1 is 0.919 bits per heavy atom. The summed E-state index contributed by atoms with van der Waals surface area (Å²) in [5, 5.41) is 5.13. The SMILES string of the molecule is COc1ccc(-c2cc(C(=O)OCC(=O)c3ccccc3F)c3c(C)nn(-c4ccccc4)c3n2)cc1. The number of rotatable bonds is 7. The predicted molar refractivity (Wildman–Crippen MR) is 137 cm³/mol. The summed E-state index contributed by atoms with van der Waals surface area (Å²) < 4.78 is 26.3. The molecule has 0 aliphatic heterocycles. The summed E-state index contributed by atoms with van der Waals surface area (Å²) in [4.78, 5) is 30.7. The minimum absolute atomic E-state index is 0.137. The lowest BCUT2D eigenvalue weighted by atomic mass is 10.1. The molecule has 0 aliphatic rings. The fourth-order valence-corrected chi connectivity index (χ4v) is 4.08. The largest absolute Gasteiger partial charge is 0.497 e. The molecule has 0 aliphatic carbocycles. The number of carbonyl (C=O) groups excluding carboxylic acids is 2. The lowest BCUT2D eigenvalue weighted by molar-refractivity contribution is 0.0475. The first-order valence-corrected chi connectivity index (χ1v) is 11.5. The second kappa shape index (κ2) is 10.0. The van der Waals surface area contributed by atoms with Gasteiger partial charge in [0.15, 0.2) is 12.3 Å². The zero-order chi connectivity index (χ0) is 25.9. The summed E-state index contributed by atoms with van der Waals surface area (Å²) in [6, 6.07) is 23.9. The number of methoxy groups -OCH3 is 1. The van der Waals surface area contributed by atoms with Gasteiger partial charge in [0, 0.05) is 5.56 Å². The number of ether oxygens (including phenoxy) is 2. The molecular formula is C29H22FN3O4. The fourth-order valence-electron chi connectivity index (χ4n) is 4.08. The Bertz CT molecular complexity index is 1610. The molecule has 7 nitrogen and oxygen atoms in total. The van der Waals surface area contributed by atoms with Gasteiger partial charge in [0.05, 0.1) is 40.7 Å². The average molecular weight is 496 g/mol. The van der Waals surface area contributed by atoms with Crippen molar-refractivity contribution in [2.45, 2.75) is 6.92 Å². The van der Waals surface area contributed by atoms with Crippen molar-refractivity contribution >= 4 is 22.8 Å². The molecule has 0 spiro atoms. The van der Waals surface area contributed by atoms with Crippen LogP contribution in [0.1, 0.15) is 26.4 Å². The van der Waals surface area contributed by atoms with Crippen LogP contribution < -0.4 is 4.74 Å². The van der Waals surface area contributed by atoms with Gasteiger partial charge in [-0.3, -0.25) is 4.79 Å². The van der Waals surface area contributed by atoms with Gasteiger partial charge in [-0.2, -0.15) is 5.10 Å². The van der Waals surface area contributed by atoms with Crippen molar-refractivity contribution in [2.75, 3.05) is 13.7 Å². The minimum atomic E-state index is -0.734. The van der Waals surface area contributed by atoms with E-state index < -0.39 is 24.2 Å². The number of aromatic nitrogens is 3. The van der Waals surface area contributed by atoms with Gasteiger partial charge < -0.3 is 9.47 Å². The molecule has 0 saturated carbocycles. The quantitative estimate of drug-likeness (QED) is 0.216. The van der Waals surface area contributed by atoms with Crippen LogP contribution in [0.25, 0.3) is 28.0 Å². The summed E-state index contributed by atoms with van der Waals surface area (Å²) in [6.07, 6.45) is 0. The number of esters is 1. The summed E-state index contributed by atoms with van der Waals surface area (Å²) in [5.74, 6) is -1.36. The van der Waals surface area contributed by atoms with E-state index in [1.165, 1.54) is 18.2 Å². The first-order chi connectivity index (χ1) is 18.0. The molecule has 0 fully saturated rings. The number of Topliss-reactive ketones (excluding diaryl/α,β-unsaturated/α-hetero) is 1. The molecule has 2 heterocycles. The zero-order valence-electron chi connectivity index (χ0n) is 20.1. The number of fused-ring (bicyclic) bond motifs is 1. The van der Waals surface area contributed by atoms with E-state index in [1.54, 1.807) is 43.0 Å². The Kier molecular flexibility index (Phi) is 6.47. The van der Waals surface area contributed by atoms with Crippen LogP contribution in [0.4, 0.5) is 4.39 Å². The van der Waals surface area contributed by atoms with E-state index in [2.05, 4.69) is 5.10 Å². The number of hydrogen-bond donors (Lipinski definition) is 0. The molecule has 37 heavy (non-hydrogen) atoms. The maximum atomic E-state index is 14.0. The topological polar surface area (TPSA) is 83.3 Å². The number of carbonyl (C=O) groups is 2. The molecule has 0 unspecified atom stereocenters. The van der Waals surface area contributed by atoms with Crippen LogP contribution in [0.15, 0.2) is 84.9 Å². The summed E-state index contributed by atoms with van der Waals surface area (Å²) in [6.45, 7) is 1.17. The average Bonchev–Trinajstić information content (AvgIpc) is 3.28. The molecule has 184 valence electrons. The summed E-state index contributed by atoms with van der Waals surface area (Å²) in [5.41, 5.74) is 3.13. The van der Waals surface area contributed by atoms with Crippen molar-refractivity contribution < 1.29 is 23.5 Å². The Morgan fingerprint density at radius 2 is 1.62 bits per heavy atom. The Balaban J connectivity index is 1.58. The highest BCUT2D eigenvalue weighted by Gasteiger charge is 2.23. The van der Waals surface area contributed by atoms with E-state index in [0.717, 1.165) is 11.3 Å². The molecule has 0 amide bonds. The van der Waals surface area contributed by atoms with Gasteiger partial charge in [-0.15, -0.1) is 0 Å². The van der Waals surface area contributed by atoms with Crippen molar-refractivity contribution in [1.82, 2.24) is 14.8 Å². The van der Waals surface area contributed by atoms with E-state index in [0.29, 0.717) is 28.2 Å². The summed E-state index contributed by atoms with van der Waals surface area (Å²) in [7, 11) is 1.58. The lowest BCUT2D eigenvalue weighted by Crippen LogP contribution is -2.16. The number of benzene rings is 3. The van der Waals surface area contributed by atoms with Gasteiger partial charge in [0.1, 0.15) is 11.6 Å². The standard InChI is InChI=1S/C29H22FN3O4/c1-18-27-23(29(35)37-17-26(34)22-10-6-7-11-24(22)30)16-25(19-12-14-21(36-2)15-13-19)31-28(27)33(32-18)20-8-4-3-5-9-20/h3-16H,17H2,1-2H3. The minimum Gasteiger partial charge on any atom is -0.497 e. The number of nitrogens with zero attached hydrogens (tertiary/aromatic N) is 3. The second-order valence-corrected chi connectivity index (χ2v) is 8.29. The third kappa shape index (κ3) is 4.69. The van der Waals surface area contributed by atoms with Crippen LogP contribution in [0.5, 0.6) is 5.75 Å². The molecule has 0 N–H and O–H groups in total. The molecule has 8 heteroatoms. The van der Waals surface area contributed by atoms with Gasteiger partial charge in [-0.1, -0.05) is 30.3 Å². The highest BCUT2D eigenvalue weighted by Crippen LogP contribution is 2.30. The van der Waals surface area contributed by atoms with Crippen molar-refractivity contribution in [3.05, 3.63) is 108 Å². The van der Waals surface area contributed by atoms with Crippen LogP contribution in [0.2, 0.25) is 0 Å². The number of para-hydroxylation sites is 1. The smallest absolute Gasteiger partial charge is 0.339 e. The van der Waals surface area contributed by atoms with E-state index in [-0.39, 0.29) is 11.1 Å². The number of pyridine rings is 1. The molecule has 3 aromatic carbocycles. The van der Waals surface area contributed by atoms with E-state index >= 15 is 0 Å². The van der Waals surface area contributed by atoms with Gasteiger partial charge in [-0.25, -0.2) is 18.9 Å². The monoisotopic (exact) mass is 495 g/mol. The first kappa shape index (κ1) is 23.9. The maximum Gasteiger partial charge on any atom is 0.339 e. The van der Waals surface area contributed by atoms with E-state index in [4.69, 9.17) is 14.5 Å². The first-order valence-electron chi connectivity index (χ1n) is 11.5. The number of aryl methyl sites for hydroxylation is 1. The van der Waals surface area contributed by atoms with Crippen LogP contribution in [0.3, 0.4) is 0 Å². The maximum absolute atomic E-state index is 14.0. The van der Waals surface area contributed by atoms with Gasteiger partial charge >= 0.3 is 5.97 Å². The fraction of sp³-hybridized carbons (Fsp3) is 0.103. The second-order valence-electron chi connectivity index (χ2n) is 8.29. The normalized spacial score (nSPS) is 10.9. The van der Waals surface area contributed by atoms with Gasteiger partial charge in [-0.05, 0) is 61.5 Å². The van der Waals surface area contributed by atoms with Crippen LogP contribution in [-0.4, -0.2) is 40.2 Å². The molecule has 5 rings (SSSR count). The highest BCUT2D eigenvalue weighted by molar-refractivity contribution is 6.06. The number of halogens is 1. The van der Waals surface area contributed by atoms with Gasteiger partial charge in [0.25, 0.3) is 0 Å². The van der Waals surface area contributed by atoms with Crippen molar-refractivity contribution in [3.8, 4) is 22.7 Å².